The molecule has 0 aliphatic heterocycles. The third kappa shape index (κ3) is 5.01. The summed E-state index contributed by atoms with van der Waals surface area (Å²) in [6.45, 7) is 4.34. The molecule has 4 nitrogen and oxygen atoms in total. The molecule has 128 valence electrons. The number of methoxy groups -OCH3 is 1. The molecule has 2 aromatic rings. The number of rotatable bonds is 8. The van der Waals surface area contributed by atoms with Crippen LogP contribution in [-0.2, 0) is 11.2 Å². The molecule has 2 rings (SSSR count). The highest BCUT2D eigenvalue weighted by Crippen LogP contribution is 2.19. The summed E-state index contributed by atoms with van der Waals surface area (Å²) < 4.78 is 11.1. The number of nitrogens with one attached hydrogen (secondary N) is 1. The Bertz CT molecular complexity index is 669. The average Bonchev–Trinajstić information content (AvgIpc) is 2.60. The smallest absolute Gasteiger partial charge is 0.260 e. The lowest BCUT2D eigenvalue weighted by molar-refractivity contribution is -0.127. The van der Waals surface area contributed by atoms with E-state index in [0.29, 0.717) is 6.54 Å². The highest BCUT2D eigenvalue weighted by molar-refractivity contribution is 5.80. The molecule has 0 fully saturated rings. The second-order valence-electron chi connectivity index (χ2n) is 5.73. The lowest BCUT2D eigenvalue weighted by Crippen LogP contribution is -2.37. The first kappa shape index (κ1) is 17.9. The zero-order chi connectivity index (χ0) is 17.4. The number of para-hydroxylation sites is 2. The Labute approximate surface area is 143 Å². The van der Waals surface area contributed by atoms with E-state index in [1.54, 1.807) is 14.0 Å². The number of carbonyl (C=O) groups is 1. The van der Waals surface area contributed by atoms with Gasteiger partial charge in [0.05, 0.1) is 7.11 Å². The van der Waals surface area contributed by atoms with Crippen molar-refractivity contribution in [3.63, 3.8) is 0 Å². The quantitative estimate of drug-likeness (QED) is 0.755. The molecule has 0 saturated carbocycles. The summed E-state index contributed by atoms with van der Waals surface area (Å²) in [6.07, 6.45) is 1.19. The number of ether oxygens (including phenoxy) is 2. The minimum atomic E-state index is -0.516. The van der Waals surface area contributed by atoms with E-state index < -0.39 is 6.10 Å². The van der Waals surface area contributed by atoms with Gasteiger partial charge in [0.2, 0.25) is 0 Å². The van der Waals surface area contributed by atoms with Gasteiger partial charge < -0.3 is 14.8 Å². The Kier molecular flexibility index (Phi) is 6.67. The number of carbonyl (C=O) groups excluding carboxylic acids is 1. The van der Waals surface area contributed by atoms with Gasteiger partial charge in [0, 0.05) is 6.54 Å². The fourth-order valence-electron chi connectivity index (χ4n) is 2.48. The van der Waals surface area contributed by atoms with Crippen LogP contribution in [0.2, 0.25) is 0 Å². The monoisotopic (exact) mass is 327 g/mol. The second-order valence-corrected chi connectivity index (χ2v) is 5.73. The molecule has 0 aromatic heterocycles. The minimum absolute atomic E-state index is 0.0988. The molecule has 0 unspecified atom stereocenters. The maximum atomic E-state index is 12.1. The van der Waals surface area contributed by atoms with Crippen LogP contribution in [0.15, 0.2) is 48.5 Å². The third-order valence-corrected chi connectivity index (χ3v) is 3.88. The molecular weight excluding hydrogens is 302 g/mol. The lowest BCUT2D eigenvalue weighted by Gasteiger charge is -2.16. The van der Waals surface area contributed by atoms with Crippen LogP contribution in [0.3, 0.4) is 0 Å². The molecule has 0 bridgehead atoms. The van der Waals surface area contributed by atoms with Crippen molar-refractivity contribution in [2.75, 3.05) is 13.7 Å². The Balaban J connectivity index is 1.75. The van der Waals surface area contributed by atoms with Crippen LogP contribution >= 0.6 is 0 Å². The van der Waals surface area contributed by atoms with Crippen molar-refractivity contribution in [3.05, 3.63) is 59.7 Å². The van der Waals surface area contributed by atoms with Gasteiger partial charge in [0.15, 0.2) is 6.10 Å². The van der Waals surface area contributed by atoms with Crippen LogP contribution in [0.4, 0.5) is 0 Å². The minimum Gasteiger partial charge on any atom is -0.496 e. The summed E-state index contributed by atoms with van der Waals surface area (Å²) in [7, 11) is 1.67. The first-order chi connectivity index (χ1) is 11.6. The van der Waals surface area contributed by atoms with E-state index in [1.807, 2.05) is 55.5 Å². The summed E-state index contributed by atoms with van der Waals surface area (Å²) in [5, 5.41) is 2.93. The molecule has 24 heavy (non-hydrogen) atoms. The van der Waals surface area contributed by atoms with Gasteiger partial charge in [-0.05, 0) is 49.9 Å². The summed E-state index contributed by atoms with van der Waals surface area (Å²) in [5.41, 5.74) is 2.17. The van der Waals surface area contributed by atoms with Gasteiger partial charge in [0.1, 0.15) is 11.5 Å². The molecule has 0 aliphatic carbocycles. The van der Waals surface area contributed by atoms with Crippen LogP contribution in [0, 0.1) is 6.92 Å². The van der Waals surface area contributed by atoms with E-state index in [1.165, 1.54) is 0 Å². The summed E-state index contributed by atoms with van der Waals surface area (Å²) >= 11 is 0. The maximum absolute atomic E-state index is 12.1. The van der Waals surface area contributed by atoms with E-state index in [0.717, 1.165) is 35.5 Å². The first-order valence-electron chi connectivity index (χ1n) is 8.23. The van der Waals surface area contributed by atoms with Gasteiger partial charge >= 0.3 is 0 Å². The van der Waals surface area contributed by atoms with Gasteiger partial charge in [-0.25, -0.2) is 0 Å². The van der Waals surface area contributed by atoms with Crippen LogP contribution in [-0.4, -0.2) is 25.7 Å². The van der Waals surface area contributed by atoms with Crippen molar-refractivity contribution >= 4 is 5.91 Å². The molecule has 0 spiro atoms. The zero-order valence-electron chi connectivity index (χ0n) is 14.5. The number of hydrogen-bond acceptors (Lipinski definition) is 3. The molecule has 2 aromatic carbocycles. The highest BCUT2D eigenvalue weighted by Gasteiger charge is 2.14. The Hall–Kier alpha value is -2.49. The van der Waals surface area contributed by atoms with E-state index in [4.69, 9.17) is 9.47 Å². The van der Waals surface area contributed by atoms with Crippen LogP contribution < -0.4 is 14.8 Å². The van der Waals surface area contributed by atoms with Crippen LogP contribution in [0.5, 0.6) is 11.5 Å². The van der Waals surface area contributed by atoms with Gasteiger partial charge in [-0.2, -0.15) is 0 Å². The molecule has 0 heterocycles. The van der Waals surface area contributed by atoms with Crippen molar-refractivity contribution in [2.45, 2.75) is 32.8 Å². The van der Waals surface area contributed by atoms with Crippen molar-refractivity contribution in [2.24, 2.45) is 0 Å². The molecule has 0 saturated heterocycles. The SMILES string of the molecule is COc1ccccc1CCCNC(=O)[C@H](C)Oc1ccccc1C. The topological polar surface area (TPSA) is 47.6 Å². The molecule has 0 radical (unpaired) electrons. The number of amides is 1. The Morgan fingerprint density at radius 3 is 2.46 bits per heavy atom. The standard InChI is InChI=1S/C20H25NO3/c1-15-9-4-6-12-18(15)24-16(2)20(22)21-14-8-11-17-10-5-7-13-19(17)23-3/h4-7,9-10,12-13,16H,8,11,14H2,1-3H3,(H,21,22)/t16-/m0/s1. The fraction of sp³-hybridized carbons (Fsp3) is 0.350. The first-order valence-corrected chi connectivity index (χ1v) is 8.23. The molecule has 1 N–H and O–H groups in total. The van der Waals surface area contributed by atoms with E-state index in [2.05, 4.69) is 5.32 Å². The fourth-order valence-corrected chi connectivity index (χ4v) is 2.48. The second kappa shape index (κ2) is 8.96. The highest BCUT2D eigenvalue weighted by atomic mass is 16.5. The molecule has 0 aliphatic rings. The third-order valence-electron chi connectivity index (χ3n) is 3.88. The maximum Gasteiger partial charge on any atom is 0.260 e. The zero-order valence-corrected chi connectivity index (χ0v) is 14.5. The lowest BCUT2D eigenvalue weighted by atomic mass is 10.1. The van der Waals surface area contributed by atoms with Crippen molar-refractivity contribution in [3.8, 4) is 11.5 Å². The Morgan fingerprint density at radius 2 is 1.75 bits per heavy atom. The molecule has 1 atom stereocenters. The predicted octanol–water partition coefficient (Wildman–Crippen LogP) is 3.52. The van der Waals surface area contributed by atoms with Gasteiger partial charge in [-0.1, -0.05) is 36.4 Å². The summed E-state index contributed by atoms with van der Waals surface area (Å²) in [5.74, 6) is 1.53. The molecule has 4 heteroatoms. The van der Waals surface area contributed by atoms with Crippen molar-refractivity contribution in [1.82, 2.24) is 5.32 Å². The van der Waals surface area contributed by atoms with E-state index in [-0.39, 0.29) is 5.91 Å². The normalized spacial score (nSPS) is 11.6. The largest absolute Gasteiger partial charge is 0.496 e. The van der Waals surface area contributed by atoms with Gasteiger partial charge in [0.25, 0.3) is 5.91 Å². The predicted molar refractivity (Wildman–Crippen MR) is 95.6 cm³/mol. The molecular formula is C20H25NO3. The summed E-state index contributed by atoms with van der Waals surface area (Å²) in [6, 6.07) is 15.6. The van der Waals surface area contributed by atoms with Gasteiger partial charge in [-0.3, -0.25) is 4.79 Å². The number of hydrogen-bond donors (Lipinski definition) is 1. The average molecular weight is 327 g/mol. The van der Waals surface area contributed by atoms with Crippen LogP contribution in [0.1, 0.15) is 24.5 Å². The number of aryl methyl sites for hydroxylation is 2. The summed E-state index contributed by atoms with van der Waals surface area (Å²) in [4.78, 5) is 12.1. The molecule has 1 amide bonds. The number of benzene rings is 2. The van der Waals surface area contributed by atoms with E-state index in [9.17, 15) is 4.79 Å². The van der Waals surface area contributed by atoms with Crippen molar-refractivity contribution < 1.29 is 14.3 Å². The Morgan fingerprint density at radius 1 is 1.08 bits per heavy atom. The van der Waals surface area contributed by atoms with Crippen molar-refractivity contribution in [1.29, 1.82) is 0 Å². The van der Waals surface area contributed by atoms with Crippen LogP contribution in [0.25, 0.3) is 0 Å². The van der Waals surface area contributed by atoms with Gasteiger partial charge in [-0.15, -0.1) is 0 Å². The van der Waals surface area contributed by atoms with E-state index >= 15 is 0 Å².